The Morgan fingerprint density at radius 1 is 0.967 bits per heavy atom. The van der Waals surface area contributed by atoms with Crippen LogP contribution in [0.25, 0.3) is 0 Å². The lowest BCUT2D eigenvalue weighted by molar-refractivity contribution is -0.347. The second-order valence-electron chi connectivity index (χ2n) is 5.59. The molecule has 1 N–H and O–H groups in total. The van der Waals surface area contributed by atoms with Gasteiger partial charge in [-0.05, 0) is 12.8 Å². The topological polar surface area (TPSA) is 64.6 Å². The van der Waals surface area contributed by atoms with Crippen molar-refractivity contribution in [3.8, 4) is 0 Å². The van der Waals surface area contributed by atoms with Gasteiger partial charge in [0.25, 0.3) is 0 Å². The van der Waals surface area contributed by atoms with Gasteiger partial charge in [0.05, 0.1) is 6.61 Å². The first kappa shape index (κ1) is 28.3. The van der Waals surface area contributed by atoms with Gasteiger partial charge in [-0.25, -0.2) is 4.79 Å². The number of alkyl halides is 10. The predicted molar refractivity (Wildman–Crippen MR) is 82.8 cm³/mol. The summed E-state index contributed by atoms with van der Waals surface area (Å²) in [6.45, 7) is -0.768. The first-order valence-corrected chi connectivity index (χ1v) is 8.13. The summed E-state index contributed by atoms with van der Waals surface area (Å²) in [4.78, 5) is 23.0. The van der Waals surface area contributed by atoms with E-state index < -0.39 is 73.6 Å². The van der Waals surface area contributed by atoms with Crippen LogP contribution in [-0.2, 0) is 19.1 Å². The lowest BCUT2D eigenvalue weighted by atomic mass is 10.1. The molecule has 0 saturated carbocycles. The zero-order valence-corrected chi connectivity index (χ0v) is 15.6. The van der Waals surface area contributed by atoms with E-state index in [9.17, 15) is 53.5 Å². The van der Waals surface area contributed by atoms with Crippen molar-refractivity contribution >= 4 is 24.5 Å². The molecule has 0 bridgehead atoms. The number of hydrogen-bond donors (Lipinski definition) is 2. The third kappa shape index (κ3) is 8.20. The molecule has 0 aliphatic heterocycles. The number of carbonyl (C=O) groups excluding carboxylic acids is 2. The predicted octanol–water partition coefficient (Wildman–Crippen LogP) is 4.00. The molecular formula is C14H15F10NO4S. The number of unbranched alkanes of at least 4 members (excludes halogenated alkanes) is 1. The van der Waals surface area contributed by atoms with Gasteiger partial charge < -0.3 is 14.8 Å². The molecule has 0 aromatic carbocycles. The van der Waals surface area contributed by atoms with E-state index in [1.807, 2.05) is 0 Å². The Kier molecular flexibility index (Phi) is 9.49. The third-order valence-electron chi connectivity index (χ3n) is 3.16. The van der Waals surface area contributed by atoms with Gasteiger partial charge in [-0.15, -0.1) is 0 Å². The van der Waals surface area contributed by atoms with E-state index in [2.05, 4.69) is 28.7 Å². The standard InChI is InChI=1S/C14H15F10NO4S/c1-2-8(26)29-12(13(20,21)22,9(27)25-7-11(17,18)19)28-6-4-3-5-10(15,16)14(23,24)30/h2,30H,1,3-7H2,(H,25,27). The Morgan fingerprint density at radius 2 is 1.50 bits per heavy atom. The van der Waals surface area contributed by atoms with Crippen LogP contribution >= 0.6 is 12.6 Å². The molecule has 5 nitrogen and oxygen atoms in total. The molecule has 0 heterocycles. The van der Waals surface area contributed by atoms with Crippen molar-refractivity contribution in [3.05, 3.63) is 12.7 Å². The SMILES string of the molecule is C=CC(=O)OC(OCCCCC(F)(F)C(F)(F)S)(C(=O)NCC(F)(F)F)C(F)(F)F. The lowest BCUT2D eigenvalue weighted by Gasteiger charge is -2.33. The van der Waals surface area contributed by atoms with E-state index in [1.165, 1.54) is 0 Å². The highest BCUT2D eigenvalue weighted by Gasteiger charge is 2.66. The lowest BCUT2D eigenvalue weighted by Crippen LogP contribution is -2.62. The minimum absolute atomic E-state index is 0.149. The molecule has 0 saturated heterocycles. The number of rotatable bonds is 11. The van der Waals surface area contributed by atoms with Crippen molar-refractivity contribution in [3.63, 3.8) is 0 Å². The summed E-state index contributed by atoms with van der Waals surface area (Å²) in [6.07, 6.45) is -14.1. The van der Waals surface area contributed by atoms with E-state index in [4.69, 9.17) is 0 Å². The molecule has 0 rings (SSSR count). The van der Waals surface area contributed by atoms with Gasteiger partial charge in [0.1, 0.15) is 6.54 Å². The minimum Gasteiger partial charge on any atom is -0.412 e. The summed E-state index contributed by atoms with van der Waals surface area (Å²) in [6, 6.07) is 0. The molecule has 1 amide bonds. The van der Waals surface area contributed by atoms with Crippen LogP contribution in [0.2, 0.25) is 0 Å². The number of thiol groups is 1. The Bertz CT molecular complexity index is 617. The number of hydrogen-bond acceptors (Lipinski definition) is 5. The summed E-state index contributed by atoms with van der Waals surface area (Å²) in [5.74, 6) is -13.7. The molecule has 1 unspecified atom stereocenters. The van der Waals surface area contributed by atoms with Crippen LogP contribution in [0.15, 0.2) is 12.7 Å². The number of ether oxygens (including phenoxy) is 2. The van der Waals surface area contributed by atoms with Gasteiger partial charge in [0.15, 0.2) is 0 Å². The molecule has 0 spiro atoms. The molecule has 176 valence electrons. The van der Waals surface area contributed by atoms with Crippen LogP contribution in [-0.4, -0.2) is 54.3 Å². The van der Waals surface area contributed by atoms with Crippen LogP contribution < -0.4 is 5.32 Å². The van der Waals surface area contributed by atoms with Gasteiger partial charge in [-0.2, -0.15) is 43.9 Å². The van der Waals surface area contributed by atoms with E-state index >= 15 is 0 Å². The average molecular weight is 483 g/mol. The van der Waals surface area contributed by atoms with Crippen molar-refractivity contribution in [1.29, 1.82) is 0 Å². The minimum atomic E-state index is -5.91. The van der Waals surface area contributed by atoms with E-state index in [-0.39, 0.29) is 6.08 Å². The number of amides is 1. The van der Waals surface area contributed by atoms with E-state index in [1.54, 1.807) is 0 Å². The first-order valence-electron chi connectivity index (χ1n) is 7.68. The van der Waals surface area contributed by atoms with Gasteiger partial charge in [0.2, 0.25) is 0 Å². The van der Waals surface area contributed by atoms with Crippen molar-refractivity contribution in [1.82, 2.24) is 5.32 Å². The van der Waals surface area contributed by atoms with Crippen LogP contribution in [0.1, 0.15) is 19.3 Å². The summed E-state index contributed by atoms with van der Waals surface area (Å²) in [5, 5.41) is -3.89. The Balaban J connectivity index is 5.40. The highest BCUT2D eigenvalue weighted by molar-refractivity contribution is 7.81. The van der Waals surface area contributed by atoms with Crippen molar-refractivity contribution in [2.45, 2.75) is 48.6 Å². The Labute approximate surface area is 168 Å². The quantitative estimate of drug-likeness (QED) is 0.117. The molecule has 0 radical (unpaired) electrons. The highest BCUT2D eigenvalue weighted by Crippen LogP contribution is 2.41. The molecule has 1 atom stereocenters. The zero-order chi connectivity index (χ0) is 24.0. The smallest absolute Gasteiger partial charge is 0.412 e. The maximum Gasteiger partial charge on any atom is 0.466 e. The summed E-state index contributed by atoms with van der Waals surface area (Å²) in [5.41, 5.74) is 0. The molecule has 0 aliphatic carbocycles. The molecular weight excluding hydrogens is 468 g/mol. The van der Waals surface area contributed by atoms with Gasteiger partial charge in [-0.1, -0.05) is 19.2 Å². The van der Waals surface area contributed by atoms with Gasteiger partial charge in [0, 0.05) is 12.5 Å². The summed E-state index contributed by atoms with van der Waals surface area (Å²) in [7, 11) is 0. The second-order valence-corrected chi connectivity index (χ2v) is 6.15. The zero-order valence-electron chi connectivity index (χ0n) is 14.7. The number of carbonyl (C=O) groups is 2. The molecule has 0 fully saturated rings. The maximum atomic E-state index is 13.4. The van der Waals surface area contributed by atoms with Crippen LogP contribution in [0.4, 0.5) is 43.9 Å². The summed E-state index contributed by atoms with van der Waals surface area (Å²) >= 11 is 2.39. The van der Waals surface area contributed by atoms with Crippen LogP contribution in [0.5, 0.6) is 0 Å². The molecule has 30 heavy (non-hydrogen) atoms. The van der Waals surface area contributed by atoms with Crippen molar-refractivity contribution in [2.24, 2.45) is 0 Å². The van der Waals surface area contributed by atoms with E-state index in [0.717, 1.165) is 5.32 Å². The Morgan fingerprint density at radius 3 is 1.90 bits per heavy atom. The van der Waals surface area contributed by atoms with Gasteiger partial charge >= 0.3 is 41.2 Å². The second kappa shape index (κ2) is 10.1. The molecule has 0 aliphatic rings. The Hall–Kier alpha value is -1.71. The fourth-order valence-electron chi connectivity index (χ4n) is 1.71. The van der Waals surface area contributed by atoms with Gasteiger partial charge in [-0.3, -0.25) is 4.79 Å². The third-order valence-corrected chi connectivity index (χ3v) is 3.49. The fourth-order valence-corrected chi connectivity index (χ4v) is 1.82. The van der Waals surface area contributed by atoms with E-state index in [0.29, 0.717) is 0 Å². The number of halogens is 10. The molecule has 16 heteroatoms. The summed E-state index contributed by atoms with van der Waals surface area (Å²) < 4.78 is 136. The molecule has 0 aromatic rings. The van der Waals surface area contributed by atoms with Crippen LogP contribution in [0, 0.1) is 0 Å². The fraction of sp³-hybridized carbons (Fsp3) is 0.714. The monoisotopic (exact) mass is 483 g/mol. The van der Waals surface area contributed by atoms with Crippen molar-refractivity contribution in [2.75, 3.05) is 13.2 Å². The van der Waals surface area contributed by atoms with Crippen LogP contribution in [0.3, 0.4) is 0 Å². The number of nitrogens with one attached hydrogen (secondary N) is 1. The number of esters is 1. The van der Waals surface area contributed by atoms with Crippen molar-refractivity contribution < 1.29 is 63.0 Å². The average Bonchev–Trinajstić information content (AvgIpc) is 2.55. The largest absolute Gasteiger partial charge is 0.466 e. The maximum absolute atomic E-state index is 13.4. The highest BCUT2D eigenvalue weighted by atomic mass is 32.1. The molecule has 0 aromatic heterocycles. The first-order chi connectivity index (χ1) is 13.3. The normalized spacial score (nSPS) is 15.3.